The molecular weight excluding hydrogens is 358 g/mol. The largest absolute Gasteiger partial charge is 0.381 e. The molecule has 148 valence electrons. The molecular formula is C20H25N5O3. The first-order valence-corrected chi connectivity index (χ1v) is 9.97. The fraction of sp³-hybridized carbons (Fsp3) is 0.600. The topological polar surface area (TPSA) is 84.6 Å². The Bertz CT molecular complexity index is 851. The number of amides is 1. The molecule has 1 amide bonds. The van der Waals surface area contributed by atoms with Gasteiger partial charge in [-0.25, -0.2) is 0 Å². The first-order chi connectivity index (χ1) is 13.7. The number of ether oxygens (including phenoxy) is 1. The van der Waals surface area contributed by atoms with E-state index in [1.165, 1.54) is 0 Å². The van der Waals surface area contributed by atoms with E-state index in [4.69, 9.17) is 9.26 Å². The summed E-state index contributed by atoms with van der Waals surface area (Å²) in [5, 5.41) is 4.05. The van der Waals surface area contributed by atoms with Crippen molar-refractivity contribution >= 4 is 5.91 Å². The van der Waals surface area contributed by atoms with Crippen LogP contribution in [-0.4, -0.2) is 76.3 Å². The van der Waals surface area contributed by atoms with Crippen LogP contribution < -0.4 is 0 Å². The Morgan fingerprint density at radius 1 is 1.18 bits per heavy atom. The van der Waals surface area contributed by atoms with Crippen molar-refractivity contribution in [3.8, 4) is 0 Å². The third-order valence-corrected chi connectivity index (χ3v) is 6.51. The number of nitrogens with zero attached hydrogens (tertiary/aromatic N) is 5. The van der Waals surface area contributed by atoms with Crippen LogP contribution in [-0.2, 0) is 10.2 Å². The van der Waals surface area contributed by atoms with Crippen LogP contribution in [0.15, 0.2) is 29.0 Å². The minimum Gasteiger partial charge on any atom is -0.381 e. The molecule has 0 bridgehead atoms. The molecule has 3 aliphatic rings. The van der Waals surface area contributed by atoms with Gasteiger partial charge in [-0.05, 0) is 31.9 Å². The molecule has 5 rings (SSSR count). The molecule has 0 unspecified atom stereocenters. The number of fused-ring (bicyclic) bond motifs is 1. The molecule has 5 heterocycles. The Labute approximate surface area is 163 Å². The zero-order chi connectivity index (χ0) is 19.1. The quantitative estimate of drug-likeness (QED) is 0.789. The van der Waals surface area contributed by atoms with Crippen LogP contribution in [0.3, 0.4) is 0 Å². The van der Waals surface area contributed by atoms with Crippen molar-refractivity contribution in [3.63, 3.8) is 0 Å². The van der Waals surface area contributed by atoms with Gasteiger partial charge in [0.05, 0.1) is 5.41 Å². The van der Waals surface area contributed by atoms with Gasteiger partial charge in [-0.1, -0.05) is 5.16 Å². The number of hydrogen-bond donors (Lipinski definition) is 0. The number of aromatic nitrogens is 3. The Hall–Kier alpha value is -2.32. The summed E-state index contributed by atoms with van der Waals surface area (Å²) in [7, 11) is 0. The van der Waals surface area contributed by atoms with Gasteiger partial charge in [-0.2, -0.15) is 4.98 Å². The third-order valence-electron chi connectivity index (χ3n) is 6.51. The van der Waals surface area contributed by atoms with Gasteiger partial charge in [-0.15, -0.1) is 0 Å². The van der Waals surface area contributed by atoms with Gasteiger partial charge in [0.1, 0.15) is 0 Å². The van der Waals surface area contributed by atoms with Gasteiger partial charge in [0.25, 0.3) is 5.91 Å². The number of hydrogen-bond acceptors (Lipinski definition) is 7. The standard InChI is InChI=1S/C20H25N5O3/c1-14-22-19(28-23-14)20-12-24(17-4-8-27-9-5-17)10-16(20)11-25(13-20)18(26)15-2-6-21-7-3-15/h2-3,6-7,16-17H,4-5,8-13H2,1H3/t16-,20-/m1/s1. The molecule has 8 nitrogen and oxygen atoms in total. The van der Waals surface area contributed by atoms with Gasteiger partial charge in [0.2, 0.25) is 5.89 Å². The maximum absolute atomic E-state index is 13.0. The Morgan fingerprint density at radius 3 is 2.68 bits per heavy atom. The van der Waals surface area contributed by atoms with E-state index < -0.39 is 0 Å². The van der Waals surface area contributed by atoms with E-state index in [9.17, 15) is 4.79 Å². The second kappa shape index (κ2) is 6.93. The van der Waals surface area contributed by atoms with Crippen LogP contribution in [0.4, 0.5) is 0 Å². The highest BCUT2D eigenvalue weighted by molar-refractivity contribution is 5.94. The monoisotopic (exact) mass is 383 g/mol. The first-order valence-electron chi connectivity index (χ1n) is 9.97. The Kier molecular flexibility index (Phi) is 4.40. The summed E-state index contributed by atoms with van der Waals surface area (Å²) < 4.78 is 11.2. The van der Waals surface area contributed by atoms with Crippen LogP contribution in [0.25, 0.3) is 0 Å². The Balaban J connectivity index is 1.42. The number of carbonyl (C=O) groups is 1. The second-order valence-corrected chi connectivity index (χ2v) is 8.19. The highest BCUT2D eigenvalue weighted by atomic mass is 16.5. The number of carbonyl (C=O) groups excluding carboxylic acids is 1. The van der Waals surface area contributed by atoms with Crippen LogP contribution in [0.2, 0.25) is 0 Å². The molecule has 0 saturated carbocycles. The normalized spacial score (nSPS) is 28.6. The SMILES string of the molecule is Cc1noc([C@]23CN(C(=O)c4ccncc4)C[C@H]2CN(C2CCOCC2)C3)n1. The van der Waals surface area contributed by atoms with Crippen molar-refractivity contribution in [2.75, 3.05) is 39.4 Å². The minimum atomic E-state index is -0.289. The summed E-state index contributed by atoms with van der Waals surface area (Å²) in [5.41, 5.74) is 0.385. The smallest absolute Gasteiger partial charge is 0.254 e. The zero-order valence-electron chi connectivity index (χ0n) is 16.1. The highest BCUT2D eigenvalue weighted by Crippen LogP contribution is 2.45. The fourth-order valence-corrected chi connectivity index (χ4v) is 5.07. The zero-order valence-corrected chi connectivity index (χ0v) is 16.1. The molecule has 2 aromatic rings. The first kappa shape index (κ1) is 17.8. The minimum absolute atomic E-state index is 0.0463. The molecule has 28 heavy (non-hydrogen) atoms. The van der Waals surface area contributed by atoms with Crippen molar-refractivity contribution in [2.45, 2.75) is 31.2 Å². The molecule has 0 aliphatic carbocycles. The predicted molar refractivity (Wildman–Crippen MR) is 99.8 cm³/mol. The lowest BCUT2D eigenvalue weighted by molar-refractivity contribution is 0.0369. The van der Waals surface area contributed by atoms with Crippen LogP contribution in [0, 0.1) is 12.8 Å². The predicted octanol–water partition coefficient (Wildman–Crippen LogP) is 1.28. The van der Waals surface area contributed by atoms with Crippen LogP contribution in [0.5, 0.6) is 0 Å². The van der Waals surface area contributed by atoms with Gasteiger partial charge in [0, 0.05) is 69.3 Å². The highest BCUT2D eigenvalue weighted by Gasteiger charge is 2.58. The summed E-state index contributed by atoms with van der Waals surface area (Å²) in [5.74, 6) is 1.66. The number of likely N-dealkylation sites (tertiary alicyclic amines) is 2. The summed E-state index contributed by atoms with van der Waals surface area (Å²) in [6.45, 7) is 6.62. The molecule has 0 radical (unpaired) electrons. The summed E-state index contributed by atoms with van der Waals surface area (Å²) in [4.78, 5) is 26.2. The van der Waals surface area contributed by atoms with Gasteiger partial charge in [-0.3, -0.25) is 14.7 Å². The van der Waals surface area contributed by atoms with Crippen LogP contribution in [0.1, 0.15) is 34.9 Å². The van der Waals surface area contributed by atoms with Gasteiger partial charge < -0.3 is 14.2 Å². The molecule has 8 heteroatoms. The van der Waals surface area contributed by atoms with E-state index in [1.54, 1.807) is 24.5 Å². The van der Waals surface area contributed by atoms with Crippen molar-refractivity contribution in [1.29, 1.82) is 0 Å². The number of pyridine rings is 1. The van der Waals surface area contributed by atoms with E-state index in [2.05, 4.69) is 20.0 Å². The lowest BCUT2D eigenvalue weighted by Gasteiger charge is -2.33. The molecule has 0 spiro atoms. The second-order valence-electron chi connectivity index (χ2n) is 8.19. The summed E-state index contributed by atoms with van der Waals surface area (Å²) in [6.07, 6.45) is 5.44. The van der Waals surface area contributed by atoms with Crippen molar-refractivity contribution in [3.05, 3.63) is 41.8 Å². The van der Waals surface area contributed by atoms with Crippen molar-refractivity contribution in [2.24, 2.45) is 5.92 Å². The van der Waals surface area contributed by atoms with Crippen LogP contribution >= 0.6 is 0 Å². The van der Waals surface area contributed by atoms with Gasteiger partial charge in [0.15, 0.2) is 5.82 Å². The molecule has 0 N–H and O–H groups in total. The molecule has 3 saturated heterocycles. The lowest BCUT2D eigenvalue weighted by atomic mass is 9.81. The Morgan fingerprint density at radius 2 is 1.96 bits per heavy atom. The van der Waals surface area contributed by atoms with Gasteiger partial charge >= 0.3 is 0 Å². The average molecular weight is 383 g/mol. The molecule has 2 atom stereocenters. The van der Waals surface area contributed by atoms with E-state index in [1.807, 2.05) is 11.8 Å². The van der Waals surface area contributed by atoms with Crippen molar-refractivity contribution < 1.29 is 14.1 Å². The van der Waals surface area contributed by atoms with Crippen molar-refractivity contribution in [1.82, 2.24) is 24.9 Å². The maximum Gasteiger partial charge on any atom is 0.254 e. The third kappa shape index (κ3) is 2.91. The van der Waals surface area contributed by atoms with E-state index >= 15 is 0 Å². The van der Waals surface area contributed by atoms with E-state index in [0.717, 1.165) is 39.1 Å². The summed E-state index contributed by atoms with van der Waals surface area (Å²) >= 11 is 0. The fourth-order valence-electron chi connectivity index (χ4n) is 5.07. The molecule has 0 aromatic carbocycles. The average Bonchev–Trinajstić information content (AvgIpc) is 3.41. The van der Waals surface area contributed by atoms with E-state index in [0.29, 0.717) is 42.3 Å². The molecule has 3 aliphatic heterocycles. The molecule has 2 aromatic heterocycles. The maximum atomic E-state index is 13.0. The lowest BCUT2D eigenvalue weighted by Crippen LogP contribution is -2.44. The number of rotatable bonds is 3. The summed E-state index contributed by atoms with van der Waals surface area (Å²) in [6, 6.07) is 4.08. The number of aryl methyl sites for hydroxylation is 1. The molecule has 3 fully saturated rings. The van der Waals surface area contributed by atoms with E-state index in [-0.39, 0.29) is 11.3 Å².